The maximum atomic E-state index is 12.7. The Balaban J connectivity index is 1.92. The van der Waals surface area contributed by atoms with Gasteiger partial charge in [-0.3, -0.25) is 9.59 Å². The second kappa shape index (κ2) is 6.25. The third-order valence-corrected chi connectivity index (χ3v) is 3.24. The molecule has 0 aliphatic rings. The van der Waals surface area contributed by atoms with E-state index in [1.165, 1.54) is 23.5 Å². The Morgan fingerprint density at radius 3 is 2.60 bits per heavy atom. The summed E-state index contributed by atoms with van der Waals surface area (Å²) in [5, 5.41) is 4.70. The molecule has 1 heterocycles. The van der Waals surface area contributed by atoms with E-state index in [0.717, 1.165) is 0 Å². The van der Waals surface area contributed by atoms with E-state index < -0.39 is 5.91 Å². The predicted octanol–water partition coefficient (Wildman–Crippen LogP) is 1.49. The lowest BCUT2D eigenvalue weighted by Crippen LogP contribution is -2.15. The number of nitrogens with one attached hydrogen (secondary N) is 1. The van der Waals surface area contributed by atoms with Crippen LogP contribution in [0.2, 0.25) is 0 Å². The van der Waals surface area contributed by atoms with Gasteiger partial charge >= 0.3 is 0 Å². The van der Waals surface area contributed by atoms with Crippen molar-refractivity contribution in [3.63, 3.8) is 0 Å². The van der Waals surface area contributed by atoms with Crippen molar-refractivity contribution in [1.29, 1.82) is 0 Å². The van der Waals surface area contributed by atoms with E-state index in [9.17, 15) is 14.0 Å². The fraction of sp³-hybridized carbons (Fsp3) is 0.154. The summed E-state index contributed by atoms with van der Waals surface area (Å²) in [7, 11) is 0. The summed E-state index contributed by atoms with van der Waals surface area (Å²) in [5.74, 6) is -1.07. The van der Waals surface area contributed by atoms with Crippen LogP contribution in [0.15, 0.2) is 29.6 Å². The van der Waals surface area contributed by atoms with Gasteiger partial charge in [0.1, 0.15) is 5.82 Å². The highest BCUT2D eigenvalue weighted by Gasteiger charge is 2.09. The Bertz CT molecular complexity index is 625. The summed E-state index contributed by atoms with van der Waals surface area (Å²) in [5.41, 5.74) is 6.29. The van der Waals surface area contributed by atoms with Crippen molar-refractivity contribution in [2.45, 2.75) is 12.8 Å². The molecule has 0 unspecified atom stereocenters. The molecular weight excluding hydrogens is 281 g/mol. The molecule has 0 fully saturated rings. The maximum absolute atomic E-state index is 12.7. The van der Waals surface area contributed by atoms with Crippen LogP contribution in [0.1, 0.15) is 11.3 Å². The van der Waals surface area contributed by atoms with Crippen LogP contribution in [0.5, 0.6) is 0 Å². The van der Waals surface area contributed by atoms with E-state index in [0.29, 0.717) is 16.4 Å². The van der Waals surface area contributed by atoms with Crippen molar-refractivity contribution in [2.75, 3.05) is 5.32 Å². The number of halogens is 1. The third-order valence-electron chi connectivity index (χ3n) is 2.43. The molecule has 2 amide bonds. The van der Waals surface area contributed by atoms with Crippen LogP contribution in [-0.2, 0) is 22.4 Å². The molecule has 1 aromatic carbocycles. The summed E-state index contributed by atoms with van der Waals surface area (Å²) < 4.78 is 12.7. The van der Waals surface area contributed by atoms with Gasteiger partial charge in [0.05, 0.1) is 18.5 Å². The number of carbonyl (C=O) groups excluding carboxylic acids is 2. The van der Waals surface area contributed by atoms with Crippen LogP contribution < -0.4 is 11.1 Å². The molecule has 0 spiro atoms. The number of aromatic nitrogens is 1. The van der Waals surface area contributed by atoms with Crippen LogP contribution in [0.4, 0.5) is 9.52 Å². The van der Waals surface area contributed by atoms with Gasteiger partial charge in [0.25, 0.3) is 0 Å². The molecule has 2 aromatic rings. The molecule has 7 heteroatoms. The van der Waals surface area contributed by atoms with Crippen LogP contribution in [0, 0.1) is 5.82 Å². The van der Waals surface area contributed by atoms with Crippen molar-refractivity contribution in [3.05, 3.63) is 46.7 Å². The average molecular weight is 293 g/mol. The van der Waals surface area contributed by atoms with E-state index in [2.05, 4.69) is 10.3 Å². The number of carbonyl (C=O) groups is 2. The fourth-order valence-electron chi connectivity index (χ4n) is 1.58. The molecule has 0 aliphatic heterocycles. The highest BCUT2D eigenvalue weighted by molar-refractivity contribution is 7.13. The Labute approximate surface area is 118 Å². The molecule has 5 nitrogen and oxygen atoms in total. The Morgan fingerprint density at radius 1 is 1.25 bits per heavy atom. The summed E-state index contributed by atoms with van der Waals surface area (Å²) in [6.45, 7) is 0. The average Bonchev–Trinajstić information content (AvgIpc) is 2.78. The number of hydrogen-bond acceptors (Lipinski definition) is 4. The quantitative estimate of drug-likeness (QED) is 0.876. The summed E-state index contributed by atoms with van der Waals surface area (Å²) in [6.07, 6.45) is 0.176. The lowest BCUT2D eigenvalue weighted by Gasteiger charge is -2.01. The molecule has 0 saturated heterocycles. The first kappa shape index (κ1) is 14.1. The molecule has 0 aliphatic carbocycles. The smallest absolute Gasteiger partial charge is 0.230 e. The molecule has 1 aromatic heterocycles. The van der Waals surface area contributed by atoms with Crippen LogP contribution in [0.25, 0.3) is 0 Å². The van der Waals surface area contributed by atoms with E-state index in [1.54, 1.807) is 17.5 Å². The molecule has 2 rings (SSSR count). The fourth-order valence-corrected chi connectivity index (χ4v) is 2.30. The number of amides is 2. The van der Waals surface area contributed by atoms with E-state index >= 15 is 0 Å². The lowest BCUT2D eigenvalue weighted by atomic mass is 10.1. The molecule has 0 atom stereocenters. The minimum absolute atomic E-state index is 0.0460. The van der Waals surface area contributed by atoms with Crippen molar-refractivity contribution >= 4 is 28.3 Å². The molecule has 0 radical (unpaired) electrons. The number of rotatable bonds is 5. The molecule has 0 saturated carbocycles. The Kier molecular flexibility index (Phi) is 4.41. The first-order chi connectivity index (χ1) is 9.52. The van der Waals surface area contributed by atoms with Gasteiger partial charge in [-0.25, -0.2) is 9.37 Å². The predicted molar refractivity (Wildman–Crippen MR) is 73.7 cm³/mol. The van der Waals surface area contributed by atoms with Gasteiger partial charge < -0.3 is 11.1 Å². The number of benzene rings is 1. The van der Waals surface area contributed by atoms with Gasteiger partial charge in [0.2, 0.25) is 11.8 Å². The molecule has 3 N–H and O–H groups in total. The first-order valence-electron chi connectivity index (χ1n) is 5.80. The molecule has 104 valence electrons. The number of thiazole rings is 1. The first-order valence-corrected chi connectivity index (χ1v) is 6.68. The second-order valence-electron chi connectivity index (χ2n) is 4.14. The summed E-state index contributed by atoms with van der Waals surface area (Å²) in [4.78, 5) is 26.6. The zero-order valence-corrected chi connectivity index (χ0v) is 11.2. The van der Waals surface area contributed by atoms with Gasteiger partial charge in [0.15, 0.2) is 5.13 Å². The van der Waals surface area contributed by atoms with Crippen molar-refractivity contribution in [1.82, 2.24) is 4.98 Å². The Hall–Kier alpha value is -2.28. The molecule has 20 heavy (non-hydrogen) atoms. The van der Waals surface area contributed by atoms with E-state index in [-0.39, 0.29) is 24.6 Å². The van der Waals surface area contributed by atoms with Gasteiger partial charge in [-0.2, -0.15) is 0 Å². The van der Waals surface area contributed by atoms with Crippen molar-refractivity contribution in [3.8, 4) is 0 Å². The monoisotopic (exact) mass is 293 g/mol. The van der Waals surface area contributed by atoms with Crippen molar-refractivity contribution < 1.29 is 14.0 Å². The number of primary amides is 1. The Morgan fingerprint density at radius 2 is 1.95 bits per heavy atom. The zero-order chi connectivity index (χ0) is 14.5. The molecule has 0 bridgehead atoms. The maximum Gasteiger partial charge on any atom is 0.230 e. The van der Waals surface area contributed by atoms with Gasteiger partial charge in [-0.1, -0.05) is 12.1 Å². The molecular formula is C13H12FN3O2S. The van der Waals surface area contributed by atoms with Gasteiger partial charge in [-0.15, -0.1) is 11.3 Å². The second-order valence-corrected chi connectivity index (χ2v) is 5.00. The lowest BCUT2D eigenvalue weighted by molar-refractivity contribution is -0.117. The summed E-state index contributed by atoms with van der Waals surface area (Å²) in [6, 6.07) is 5.71. The largest absolute Gasteiger partial charge is 0.369 e. The third kappa shape index (κ3) is 4.13. The van der Waals surface area contributed by atoms with Crippen molar-refractivity contribution in [2.24, 2.45) is 5.73 Å². The minimum atomic E-state index is -0.473. The highest BCUT2D eigenvalue weighted by Crippen LogP contribution is 2.16. The van der Waals surface area contributed by atoms with Crippen LogP contribution in [-0.4, -0.2) is 16.8 Å². The number of anilines is 1. The standard InChI is InChI=1S/C13H12FN3O2S/c14-9-3-1-8(2-4-9)5-12(19)17-13-16-10(7-20-13)6-11(15)18/h1-4,7H,5-6H2,(H2,15,18)(H,16,17,19). The van der Waals surface area contributed by atoms with E-state index in [4.69, 9.17) is 5.73 Å². The number of hydrogen-bond donors (Lipinski definition) is 2. The SMILES string of the molecule is NC(=O)Cc1csc(NC(=O)Cc2ccc(F)cc2)n1. The summed E-state index contributed by atoms with van der Waals surface area (Å²) >= 11 is 1.22. The topological polar surface area (TPSA) is 85.1 Å². The minimum Gasteiger partial charge on any atom is -0.369 e. The van der Waals surface area contributed by atoms with Crippen LogP contribution >= 0.6 is 11.3 Å². The van der Waals surface area contributed by atoms with Gasteiger partial charge in [0, 0.05) is 5.38 Å². The number of nitrogens with two attached hydrogens (primary N) is 1. The highest BCUT2D eigenvalue weighted by atomic mass is 32.1. The zero-order valence-electron chi connectivity index (χ0n) is 10.4. The van der Waals surface area contributed by atoms with Crippen LogP contribution in [0.3, 0.4) is 0 Å². The normalized spacial score (nSPS) is 10.2. The number of nitrogens with zero attached hydrogens (tertiary/aromatic N) is 1. The van der Waals surface area contributed by atoms with E-state index in [1.807, 2.05) is 0 Å². The van der Waals surface area contributed by atoms with Gasteiger partial charge in [-0.05, 0) is 17.7 Å².